The lowest BCUT2D eigenvalue weighted by molar-refractivity contribution is 0.579. The first-order chi connectivity index (χ1) is 6.36. The monoisotopic (exact) mass is 174 g/mol. The summed E-state index contributed by atoms with van der Waals surface area (Å²) in [5, 5.41) is 3.39. The molecule has 1 aromatic heterocycles. The van der Waals surface area contributed by atoms with Crippen molar-refractivity contribution in [2.75, 3.05) is 6.54 Å². The van der Waals surface area contributed by atoms with Crippen LogP contribution in [0.25, 0.3) is 5.57 Å². The van der Waals surface area contributed by atoms with Crippen molar-refractivity contribution < 1.29 is 0 Å². The lowest BCUT2D eigenvalue weighted by Gasteiger charge is -2.20. The summed E-state index contributed by atoms with van der Waals surface area (Å²) in [6, 6.07) is 4.74. The number of hydrogen-bond acceptors (Lipinski definition) is 2. The Kier molecular flexibility index (Phi) is 2.41. The average Bonchev–Trinajstić information content (AvgIpc) is 2.19. The highest BCUT2D eigenvalue weighted by Crippen LogP contribution is 2.21. The van der Waals surface area contributed by atoms with Crippen LogP contribution in [0.15, 0.2) is 30.6 Å². The molecule has 2 nitrogen and oxygen atoms in total. The summed E-state index contributed by atoms with van der Waals surface area (Å²) in [6.45, 7) is 3.20. The van der Waals surface area contributed by atoms with E-state index in [1.807, 2.05) is 12.4 Å². The minimum atomic E-state index is 0.591. The summed E-state index contributed by atoms with van der Waals surface area (Å²) in [7, 11) is 0. The van der Waals surface area contributed by atoms with Crippen molar-refractivity contribution >= 4 is 5.57 Å². The van der Waals surface area contributed by atoms with Crippen LogP contribution in [0.1, 0.15) is 18.9 Å². The molecule has 1 aliphatic rings. The number of hydrogen-bond donors (Lipinski definition) is 1. The van der Waals surface area contributed by atoms with Crippen molar-refractivity contribution in [2.45, 2.75) is 19.4 Å². The third-order valence-electron chi connectivity index (χ3n) is 2.39. The zero-order valence-corrected chi connectivity index (χ0v) is 7.83. The SMILES string of the molecule is CC1CC(c2ccncc2)=CCN1. The van der Waals surface area contributed by atoms with Crippen molar-refractivity contribution in [2.24, 2.45) is 0 Å². The molecule has 0 saturated carbocycles. The van der Waals surface area contributed by atoms with Gasteiger partial charge in [-0.3, -0.25) is 4.98 Å². The Morgan fingerprint density at radius 1 is 1.38 bits per heavy atom. The highest BCUT2D eigenvalue weighted by Gasteiger charge is 2.10. The zero-order chi connectivity index (χ0) is 9.10. The molecule has 2 rings (SSSR count). The molecule has 0 bridgehead atoms. The summed E-state index contributed by atoms with van der Waals surface area (Å²) in [4.78, 5) is 4.02. The lowest BCUT2D eigenvalue weighted by atomic mass is 9.97. The van der Waals surface area contributed by atoms with E-state index in [0.717, 1.165) is 13.0 Å². The second-order valence-corrected chi connectivity index (χ2v) is 3.48. The number of nitrogens with zero attached hydrogens (tertiary/aromatic N) is 1. The number of rotatable bonds is 1. The summed E-state index contributed by atoms with van der Waals surface area (Å²) in [5.74, 6) is 0. The fraction of sp³-hybridized carbons (Fsp3) is 0.364. The predicted octanol–water partition coefficient (Wildman–Crippen LogP) is 1.85. The van der Waals surface area contributed by atoms with Crippen LogP contribution in [0, 0.1) is 0 Å². The van der Waals surface area contributed by atoms with Gasteiger partial charge in [-0.05, 0) is 36.6 Å². The molecule has 0 amide bonds. The zero-order valence-electron chi connectivity index (χ0n) is 7.83. The third-order valence-corrected chi connectivity index (χ3v) is 2.39. The highest BCUT2D eigenvalue weighted by atomic mass is 14.9. The second kappa shape index (κ2) is 3.71. The van der Waals surface area contributed by atoms with Gasteiger partial charge in [-0.1, -0.05) is 6.08 Å². The fourth-order valence-corrected chi connectivity index (χ4v) is 1.67. The van der Waals surface area contributed by atoms with E-state index in [0.29, 0.717) is 6.04 Å². The highest BCUT2D eigenvalue weighted by molar-refractivity contribution is 5.66. The molecule has 2 heteroatoms. The van der Waals surface area contributed by atoms with E-state index < -0.39 is 0 Å². The van der Waals surface area contributed by atoms with Crippen LogP contribution >= 0.6 is 0 Å². The van der Waals surface area contributed by atoms with Gasteiger partial charge in [0.1, 0.15) is 0 Å². The quantitative estimate of drug-likeness (QED) is 0.702. The molecule has 1 N–H and O–H groups in total. The Balaban J connectivity index is 2.22. The largest absolute Gasteiger partial charge is 0.310 e. The van der Waals surface area contributed by atoms with Gasteiger partial charge < -0.3 is 5.32 Å². The van der Waals surface area contributed by atoms with Crippen molar-refractivity contribution in [3.05, 3.63) is 36.2 Å². The maximum absolute atomic E-state index is 4.02. The van der Waals surface area contributed by atoms with Crippen LogP contribution in [0.4, 0.5) is 0 Å². The molecule has 0 saturated heterocycles. The van der Waals surface area contributed by atoms with Gasteiger partial charge in [0.15, 0.2) is 0 Å². The van der Waals surface area contributed by atoms with Crippen LogP contribution < -0.4 is 5.32 Å². The van der Waals surface area contributed by atoms with Crippen LogP contribution in [0.2, 0.25) is 0 Å². The Bertz CT molecular complexity index is 303. The summed E-state index contributed by atoms with van der Waals surface area (Å²) in [5.41, 5.74) is 2.75. The van der Waals surface area contributed by atoms with Gasteiger partial charge >= 0.3 is 0 Å². The molecule has 0 radical (unpaired) electrons. The summed E-state index contributed by atoms with van der Waals surface area (Å²) < 4.78 is 0. The van der Waals surface area contributed by atoms with E-state index in [2.05, 4.69) is 35.4 Å². The molecule has 0 aromatic carbocycles. The number of aromatic nitrogens is 1. The van der Waals surface area contributed by atoms with Gasteiger partial charge in [-0.15, -0.1) is 0 Å². The van der Waals surface area contributed by atoms with Gasteiger partial charge in [0, 0.05) is 25.0 Å². The lowest BCUT2D eigenvalue weighted by Crippen LogP contribution is -2.29. The number of nitrogens with one attached hydrogen (secondary N) is 1. The Morgan fingerprint density at radius 2 is 2.15 bits per heavy atom. The van der Waals surface area contributed by atoms with E-state index in [-0.39, 0.29) is 0 Å². The molecule has 13 heavy (non-hydrogen) atoms. The van der Waals surface area contributed by atoms with E-state index in [9.17, 15) is 0 Å². The second-order valence-electron chi connectivity index (χ2n) is 3.48. The predicted molar refractivity (Wildman–Crippen MR) is 54.3 cm³/mol. The van der Waals surface area contributed by atoms with Gasteiger partial charge in [0.05, 0.1) is 0 Å². The maximum atomic E-state index is 4.02. The van der Waals surface area contributed by atoms with Crippen molar-refractivity contribution in [3.63, 3.8) is 0 Å². The van der Waals surface area contributed by atoms with E-state index in [4.69, 9.17) is 0 Å². The first-order valence-corrected chi connectivity index (χ1v) is 4.69. The van der Waals surface area contributed by atoms with Crippen LogP contribution in [0.5, 0.6) is 0 Å². The minimum Gasteiger partial charge on any atom is -0.310 e. The molecule has 1 atom stereocenters. The topological polar surface area (TPSA) is 24.9 Å². The van der Waals surface area contributed by atoms with Crippen molar-refractivity contribution in [1.29, 1.82) is 0 Å². The van der Waals surface area contributed by atoms with E-state index >= 15 is 0 Å². The molecule has 0 aliphatic carbocycles. The molecule has 68 valence electrons. The molecular weight excluding hydrogens is 160 g/mol. The van der Waals surface area contributed by atoms with Crippen LogP contribution in [-0.4, -0.2) is 17.6 Å². The third kappa shape index (κ3) is 1.95. The standard InChI is InChI=1S/C11H14N2/c1-9-8-11(4-7-13-9)10-2-5-12-6-3-10/h2-6,9,13H,7-8H2,1H3. The van der Waals surface area contributed by atoms with Gasteiger partial charge in [0.2, 0.25) is 0 Å². The van der Waals surface area contributed by atoms with Gasteiger partial charge in [0.25, 0.3) is 0 Å². The van der Waals surface area contributed by atoms with Gasteiger partial charge in [-0.2, -0.15) is 0 Å². The molecule has 1 aromatic rings. The van der Waals surface area contributed by atoms with Crippen molar-refractivity contribution in [3.8, 4) is 0 Å². The molecule has 1 aliphatic heterocycles. The molecule has 0 spiro atoms. The normalized spacial score (nSPS) is 22.5. The molecule has 1 unspecified atom stereocenters. The number of pyridine rings is 1. The summed E-state index contributed by atoms with van der Waals surface area (Å²) >= 11 is 0. The van der Waals surface area contributed by atoms with Gasteiger partial charge in [-0.25, -0.2) is 0 Å². The fourth-order valence-electron chi connectivity index (χ4n) is 1.67. The smallest absolute Gasteiger partial charge is 0.0273 e. The van der Waals surface area contributed by atoms with Crippen LogP contribution in [0.3, 0.4) is 0 Å². The van der Waals surface area contributed by atoms with Crippen molar-refractivity contribution in [1.82, 2.24) is 10.3 Å². The minimum absolute atomic E-state index is 0.591. The Morgan fingerprint density at radius 3 is 2.85 bits per heavy atom. The maximum Gasteiger partial charge on any atom is 0.0273 e. The van der Waals surface area contributed by atoms with Crippen LogP contribution in [-0.2, 0) is 0 Å². The Hall–Kier alpha value is -1.15. The Labute approximate surface area is 78.7 Å². The first-order valence-electron chi connectivity index (χ1n) is 4.69. The molecule has 0 fully saturated rings. The molecule has 2 heterocycles. The van der Waals surface area contributed by atoms with E-state index in [1.54, 1.807) is 0 Å². The first kappa shape index (κ1) is 8.45. The van der Waals surface area contributed by atoms with E-state index in [1.165, 1.54) is 11.1 Å². The average molecular weight is 174 g/mol. The summed E-state index contributed by atoms with van der Waals surface area (Å²) in [6.07, 6.45) is 7.07. The molecular formula is C11H14N2.